The minimum absolute atomic E-state index is 0.0105. The molecule has 0 aliphatic heterocycles. The van der Waals surface area contributed by atoms with Gasteiger partial charge in [-0.1, -0.05) is 0 Å². The summed E-state index contributed by atoms with van der Waals surface area (Å²) in [5.41, 5.74) is 0. The largest absolute Gasteiger partial charge is 0.385 e. The lowest BCUT2D eigenvalue weighted by Crippen LogP contribution is -2.41. The van der Waals surface area contributed by atoms with Crippen LogP contribution in [0.25, 0.3) is 0 Å². The predicted molar refractivity (Wildman–Crippen MR) is 63.5 cm³/mol. The average Bonchev–Trinajstić information content (AvgIpc) is 2.23. The molecule has 0 aromatic rings. The van der Waals surface area contributed by atoms with Crippen LogP contribution in [0.2, 0.25) is 0 Å². The lowest BCUT2D eigenvalue weighted by atomic mass is 10.3. The van der Waals surface area contributed by atoms with Crippen LogP contribution in [0.3, 0.4) is 0 Å². The van der Waals surface area contributed by atoms with Crippen molar-refractivity contribution in [3.05, 3.63) is 0 Å². The Hall–Kier alpha value is -0.650. The monoisotopic (exact) mass is 232 g/mol. The van der Waals surface area contributed by atoms with E-state index in [9.17, 15) is 4.79 Å². The quantitative estimate of drug-likeness (QED) is 0.527. The van der Waals surface area contributed by atoms with Gasteiger partial charge < -0.3 is 20.1 Å². The molecule has 0 heterocycles. The van der Waals surface area contributed by atoms with E-state index in [0.717, 1.165) is 26.0 Å². The normalized spacial score (nSPS) is 12.4. The molecule has 0 aromatic carbocycles. The number of amides is 1. The zero-order chi connectivity index (χ0) is 12.2. The fourth-order valence-corrected chi connectivity index (χ4v) is 1.32. The molecular weight excluding hydrogens is 208 g/mol. The van der Waals surface area contributed by atoms with Crippen molar-refractivity contribution in [2.75, 3.05) is 40.5 Å². The third-order valence-electron chi connectivity index (χ3n) is 2.06. The van der Waals surface area contributed by atoms with Gasteiger partial charge >= 0.3 is 0 Å². The Balaban J connectivity index is 3.30. The van der Waals surface area contributed by atoms with Crippen molar-refractivity contribution in [2.45, 2.75) is 25.8 Å². The van der Waals surface area contributed by atoms with Crippen molar-refractivity contribution < 1.29 is 14.3 Å². The molecule has 0 aliphatic rings. The molecular formula is C11H24N2O3. The maximum absolute atomic E-state index is 11.4. The standard InChI is InChI=1S/C11H24N2O3/c1-10(9-16-3)13-11(14)8-12-6-4-5-7-15-2/h10,12H,4-9H2,1-3H3,(H,13,14). The van der Waals surface area contributed by atoms with E-state index >= 15 is 0 Å². The van der Waals surface area contributed by atoms with Crippen LogP contribution in [0.5, 0.6) is 0 Å². The summed E-state index contributed by atoms with van der Waals surface area (Å²) in [7, 11) is 3.31. The third-order valence-corrected chi connectivity index (χ3v) is 2.06. The van der Waals surface area contributed by atoms with Crippen molar-refractivity contribution in [1.29, 1.82) is 0 Å². The zero-order valence-corrected chi connectivity index (χ0v) is 10.5. The van der Waals surface area contributed by atoms with Crippen molar-refractivity contribution in [3.8, 4) is 0 Å². The Morgan fingerprint density at radius 2 is 2.00 bits per heavy atom. The summed E-state index contributed by atoms with van der Waals surface area (Å²) in [6, 6.07) is 0.0628. The molecule has 0 radical (unpaired) electrons. The van der Waals surface area contributed by atoms with Gasteiger partial charge in [0.25, 0.3) is 0 Å². The number of methoxy groups -OCH3 is 2. The number of carbonyl (C=O) groups is 1. The molecule has 0 rings (SSSR count). The van der Waals surface area contributed by atoms with Gasteiger partial charge in [-0.05, 0) is 26.3 Å². The smallest absolute Gasteiger partial charge is 0.234 e. The van der Waals surface area contributed by atoms with Crippen LogP contribution in [0, 0.1) is 0 Å². The molecule has 16 heavy (non-hydrogen) atoms. The average molecular weight is 232 g/mol. The van der Waals surface area contributed by atoms with Crippen LogP contribution in [-0.2, 0) is 14.3 Å². The van der Waals surface area contributed by atoms with Gasteiger partial charge in [0, 0.05) is 26.9 Å². The van der Waals surface area contributed by atoms with Crippen LogP contribution in [0.15, 0.2) is 0 Å². The SMILES string of the molecule is COCCCCNCC(=O)NC(C)COC. The minimum atomic E-state index is 0.0105. The van der Waals surface area contributed by atoms with Crippen molar-refractivity contribution >= 4 is 5.91 Å². The lowest BCUT2D eigenvalue weighted by Gasteiger charge is -2.12. The fraction of sp³-hybridized carbons (Fsp3) is 0.909. The molecule has 1 unspecified atom stereocenters. The maximum atomic E-state index is 11.4. The summed E-state index contributed by atoms with van der Waals surface area (Å²) >= 11 is 0. The first kappa shape index (κ1) is 15.3. The van der Waals surface area contributed by atoms with Gasteiger partial charge in [-0.2, -0.15) is 0 Å². The van der Waals surface area contributed by atoms with E-state index in [1.807, 2.05) is 6.92 Å². The highest BCUT2D eigenvalue weighted by Gasteiger charge is 2.05. The molecule has 5 nitrogen and oxygen atoms in total. The molecule has 0 bridgehead atoms. The summed E-state index contributed by atoms with van der Waals surface area (Å²) in [4.78, 5) is 11.4. The lowest BCUT2D eigenvalue weighted by molar-refractivity contribution is -0.121. The van der Waals surface area contributed by atoms with Gasteiger partial charge in [-0.3, -0.25) is 4.79 Å². The number of hydrogen-bond acceptors (Lipinski definition) is 4. The second kappa shape index (κ2) is 10.9. The minimum Gasteiger partial charge on any atom is -0.385 e. The highest BCUT2D eigenvalue weighted by molar-refractivity contribution is 5.78. The Labute approximate surface area is 97.9 Å². The molecule has 0 spiro atoms. The van der Waals surface area contributed by atoms with Gasteiger partial charge in [0.15, 0.2) is 0 Å². The van der Waals surface area contributed by atoms with Crippen LogP contribution in [0.4, 0.5) is 0 Å². The Bertz CT molecular complexity index is 177. The van der Waals surface area contributed by atoms with E-state index in [2.05, 4.69) is 10.6 Å². The molecule has 0 saturated heterocycles. The number of ether oxygens (including phenoxy) is 2. The Kier molecular flexibility index (Phi) is 10.4. The molecule has 1 amide bonds. The fourth-order valence-electron chi connectivity index (χ4n) is 1.32. The van der Waals surface area contributed by atoms with E-state index in [4.69, 9.17) is 9.47 Å². The summed E-state index contributed by atoms with van der Waals surface area (Å²) in [5, 5.41) is 5.91. The summed E-state index contributed by atoms with van der Waals surface area (Å²) in [6.07, 6.45) is 2.04. The third kappa shape index (κ3) is 9.89. The number of rotatable bonds is 10. The molecule has 5 heteroatoms. The summed E-state index contributed by atoms with van der Waals surface area (Å²) in [6.45, 7) is 4.44. The highest BCUT2D eigenvalue weighted by atomic mass is 16.5. The molecule has 0 fully saturated rings. The molecule has 96 valence electrons. The van der Waals surface area contributed by atoms with Gasteiger partial charge in [0.05, 0.1) is 13.2 Å². The van der Waals surface area contributed by atoms with Gasteiger partial charge in [0.2, 0.25) is 5.91 Å². The number of nitrogens with one attached hydrogen (secondary N) is 2. The van der Waals surface area contributed by atoms with Crippen LogP contribution >= 0.6 is 0 Å². The summed E-state index contributed by atoms with van der Waals surface area (Å²) in [5.74, 6) is 0.0105. The van der Waals surface area contributed by atoms with Gasteiger partial charge in [-0.25, -0.2) is 0 Å². The first-order chi connectivity index (χ1) is 7.70. The van der Waals surface area contributed by atoms with Gasteiger partial charge in [-0.15, -0.1) is 0 Å². The number of carbonyl (C=O) groups excluding carboxylic acids is 1. The van der Waals surface area contributed by atoms with E-state index < -0.39 is 0 Å². The predicted octanol–water partition coefficient (Wildman–Crippen LogP) is 0.154. The van der Waals surface area contributed by atoms with Crippen molar-refractivity contribution in [3.63, 3.8) is 0 Å². The Morgan fingerprint density at radius 3 is 2.62 bits per heavy atom. The molecule has 2 N–H and O–H groups in total. The van der Waals surface area contributed by atoms with E-state index in [1.165, 1.54) is 0 Å². The van der Waals surface area contributed by atoms with Crippen molar-refractivity contribution in [1.82, 2.24) is 10.6 Å². The van der Waals surface area contributed by atoms with E-state index in [-0.39, 0.29) is 11.9 Å². The van der Waals surface area contributed by atoms with Crippen molar-refractivity contribution in [2.24, 2.45) is 0 Å². The molecule has 0 saturated carbocycles. The maximum Gasteiger partial charge on any atom is 0.234 e. The molecule has 0 aliphatic carbocycles. The molecule has 1 atom stereocenters. The summed E-state index contributed by atoms with van der Waals surface area (Å²) < 4.78 is 9.85. The molecule has 0 aromatic heterocycles. The number of unbranched alkanes of at least 4 members (excludes halogenated alkanes) is 1. The van der Waals surface area contributed by atoms with Crippen LogP contribution in [-0.4, -0.2) is 52.5 Å². The van der Waals surface area contributed by atoms with Gasteiger partial charge in [0.1, 0.15) is 0 Å². The zero-order valence-electron chi connectivity index (χ0n) is 10.5. The number of hydrogen-bond donors (Lipinski definition) is 2. The highest BCUT2D eigenvalue weighted by Crippen LogP contribution is 1.86. The van der Waals surface area contributed by atoms with E-state index in [1.54, 1.807) is 14.2 Å². The first-order valence-electron chi connectivity index (χ1n) is 5.68. The van der Waals surface area contributed by atoms with E-state index in [0.29, 0.717) is 13.2 Å². The Morgan fingerprint density at radius 1 is 1.25 bits per heavy atom. The van der Waals surface area contributed by atoms with Crippen LogP contribution in [0.1, 0.15) is 19.8 Å². The first-order valence-corrected chi connectivity index (χ1v) is 5.68. The second-order valence-electron chi connectivity index (χ2n) is 3.80. The topological polar surface area (TPSA) is 59.6 Å². The second-order valence-corrected chi connectivity index (χ2v) is 3.80. The van der Waals surface area contributed by atoms with Crippen LogP contribution < -0.4 is 10.6 Å².